The molecule has 0 bridgehead atoms. The topological polar surface area (TPSA) is 103 Å². The molecule has 2 rings (SSSR count). The number of nitriles is 1. The number of rotatable bonds is 5. The number of nitrogens with one attached hydrogen (secondary N) is 3. The summed E-state index contributed by atoms with van der Waals surface area (Å²) in [4.78, 5) is 23.9. The first-order valence-corrected chi connectivity index (χ1v) is 7.53. The van der Waals surface area contributed by atoms with E-state index in [1.54, 1.807) is 55.5 Å². The van der Waals surface area contributed by atoms with E-state index in [1.807, 2.05) is 6.07 Å². The first-order chi connectivity index (χ1) is 12.0. The number of amides is 3. The fourth-order valence-electron chi connectivity index (χ4n) is 1.99. The SMILES string of the molecule is CO[C@H](C)C(=O)Nc1cccc(NC(=O)Nc2cccc(C#N)c2)c1. The standard InChI is InChI=1S/C18H18N4O3/c1-12(25-2)17(23)20-15-7-4-8-16(10-15)22-18(24)21-14-6-3-5-13(9-14)11-19/h3-10,12H,1-2H3,(H,20,23)(H2,21,22,24)/t12-/m1/s1. The zero-order valence-corrected chi connectivity index (χ0v) is 13.9. The summed E-state index contributed by atoms with van der Waals surface area (Å²) in [5.74, 6) is -0.280. The number of hydrogen-bond donors (Lipinski definition) is 3. The largest absolute Gasteiger partial charge is 0.372 e. The maximum absolute atomic E-state index is 12.1. The summed E-state index contributed by atoms with van der Waals surface area (Å²) in [5, 5.41) is 16.9. The number of carbonyl (C=O) groups excluding carboxylic acids is 2. The summed E-state index contributed by atoms with van der Waals surface area (Å²) in [5.41, 5.74) is 2.01. The Kier molecular flexibility index (Phi) is 6.09. The summed E-state index contributed by atoms with van der Waals surface area (Å²) >= 11 is 0. The van der Waals surface area contributed by atoms with Crippen molar-refractivity contribution in [3.63, 3.8) is 0 Å². The van der Waals surface area contributed by atoms with Gasteiger partial charge in [-0.25, -0.2) is 4.79 Å². The third-order valence-electron chi connectivity index (χ3n) is 3.36. The number of benzene rings is 2. The molecule has 0 radical (unpaired) electrons. The predicted molar refractivity (Wildman–Crippen MR) is 95.3 cm³/mol. The molecule has 25 heavy (non-hydrogen) atoms. The Hall–Kier alpha value is -3.37. The second-order valence-corrected chi connectivity index (χ2v) is 5.22. The number of carbonyl (C=O) groups is 2. The van der Waals surface area contributed by atoms with Crippen LogP contribution in [-0.4, -0.2) is 25.2 Å². The molecule has 0 unspecified atom stereocenters. The Labute approximate surface area is 145 Å². The number of nitrogens with zero attached hydrogens (tertiary/aromatic N) is 1. The number of anilines is 3. The zero-order valence-electron chi connectivity index (χ0n) is 13.9. The van der Waals surface area contributed by atoms with E-state index >= 15 is 0 Å². The van der Waals surface area contributed by atoms with Gasteiger partial charge < -0.3 is 20.7 Å². The zero-order chi connectivity index (χ0) is 18.2. The van der Waals surface area contributed by atoms with Gasteiger partial charge in [0.2, 0.25) is 0 Å². The minimum atomic E-state index is -0.577. The minimum Gasteiger partial charge on any atom is -0.372 e. The van der Waals surface area contributed by atoms with E-state index in [1.165, 1.54) is 7.11 Å². The van der Waals surface area contributed by atoms with Gasteiger partial charge in [-0.05, 0) is 43.3 Å². The van der Waals surface area contributed by atoms with Gasteiger partial charge >= 0.3 is 6.03 Å². The Bertz CT molecular complexity index is 814. The molecule has 0 saturated carbocycles. The lowest BCUT2D eigenvalue weighted by atomic mass is 10.2. The third-order valence-corrected chi connectivity index (χ3v) is 3.36. The number of ether oxygens (including phenoxy) is 1. The van der Waals surface area contributed by atoms with Crippen LogP contribution in [0.4, 0.5) is 21.9 Å². The lowest BCUT2D eigenvalue weighted by molar-refractivity contribution is -0.124. The van der Waals surface area contributed by atoms with Crippen molar-refractivity contribution in [2.75, 3.05) is 23.1 Å². The van der Waals surface area contributed by atoms with Crippen molar-refractivity contribution in [3.8, 4) is 6.07 Å². The average Bonchev–Trinajstić information content (AvgIpc) is 2.61. The first-order valence-electron chi connectivity index (χ1n) is 7.53. The van der Waals surface area contributed by atoms with E-state index in [2.05, 4.69) is 16.0 Å². The summed E-state index contributed by atoms with van der Waals surface area (Å²) in [6.45, 7) is 1.64. The molecule has 128 valence electrons. The second kappa shape index (κ2) is 8.47. The van der Waals surface area contributed by atoms with Crippen LogP contribution >= 0.6 is 0 Å². The Morgan fingerprint density at radius 2 is 1.56 bits per heavy atom. The van der Waals surface area contributed by atoms with Gasteiger partial charge in [0, 0.05) is 24.2 Å². The number of methoxy groups -OCH3 is 1. The van der Waals surface area contributed by atoms with Crippen molar-refractivity contribution in [2.24, 2.45) is 0 Å². The van der Waals surface area contributed by atoms with Crippen LogP contribution in [0.15, 0.2) is 48.5 Å². The van der Waals surface area contributed by atoms with Gasteiger partial charge in [-0.2, -0.15) is 5.26 Å². The molecule has 3 N–H and O–H groups in total. The van der Waals surface area contributed by atoms with Gasteiger partial charge in [-0.1, -0.05) is 12.1 Å². The molecule has 0 saturated heterocycles. The molecule has 0 aliphatic heterocycles. The van der Waals surface area contributed by atoms with Crippen molar-refractivity contribution in [1.29, 1.82) is 5.26 Å². The Morgan fingerprint density at radius 1 is 1.00 bits per heavy atom. The van der Waals surface area contributed by atoms with Crippen LogP contribution in [0.25, 0.3) is 0 Å². The molecule has 3 amide bonds. The summed E-state index contributed by atoms with van der Waals surface area (Å²) < 4.78 is 4.95. The molecule has 1 atom stereocenters. The minimum absolute atomic E-state index is 0.280. The smallest absolute Gasteiger partial charge is 0.323 e. The summed E-state index contributed by atoms with van der Waals surface area (Å²) in [7, 11) is 1.45. The van der Waals surface area contributed by atoms with Crippen molar-refractivity contribution in [3.05, 3.63) is 54.1 Å². The summed E-state index contributed by atoms with van der Waals surface area (Å²) in [6.07, 6.45) is -0.577. The molecule has 0 spiro atoms. The van der Waals surface area contributed by atoms with Crippen molar-refractivity contribution >= 4 is 29.0 Å². The lowest BCUT2D eigenvalue weighted by Crippen LogP contribution is -2.26. The van der Waals surface area contributed by atoms with Gasteiger partial charge in [0.15, 0.2) is 0 Å². The number of hydrogen-bond acceptors (Lipinski definition) is 4. The van der Waals surface area contributed by atoms with Crippen LogP contribution in [0.2, 0.25) is 0 Å². The second-order valence-electron chi connectivity index (χ2n) is 5.22. The first kappa shape index (κ1) is 18.0. The van der Waals surface area contributed by atoms with Crippen LogP contribution < -0.4 is 16.0 Å². The van der Waals surface area contributed by atoms with E-state index in [4.69, 9.17) is 10.00 Å². The van der Waals surface area contributed by atoms with Crippen LogP contribution in [0, 0.1) is 11.3 Å². The maximum Gasteiger partial charge on any atom is 0.323 e. The van der Waals surface area contributed by atoms with Crippen molar-refractivity contribution < 1.29 is 14.3 Å². The van der Waals surface area contributed by atoms with Crippen molar-refractivity contribution in [2.45, 2.75) is 13.0 Å². The Morgan fingerprint density at radius 3 is 2.16 bits per heavy atom. The predicted octanol–water partition coefficient (Wildman–Crippen LogP) is 3.18. The van der Waals surface area contributed by atoms with Crippen LogP contribution in [0.3, 0.4) is 0 Å². The molecule has 0 aromatic heterocycles. The molecule has 0 fully saturated rings. The normalized spacial score (nSPS) is 11.1. The quantitative estimate of drug-likeness (QED) is 0.779. The lowest BCUT2D eigenvalue weighted by Gasteiger charge is -2.12. The average molecular weight is 338 g/mol. The van der Waals surface area contributed by atoms with E-state index in [0.29, 0.717) is 22.6 Å². The van der Waals surface area contributed by atoms with Gasteiger partial charge in [-0.15, -0.1) is 0 Å². The third kappa shape index (κ3) is 5.34. The fraction of sp³-hybridized carbons (Fsp3) is 0.167. The molecule has 2 aromatic rings. The van der Waals surface area contributed by atoms with Crippen LogP contribution in [0.5, 0.6) is 0 Å². The highest BCUT2D eigenvalue weighted by Crippen LogP contribution is 2.16. The fourth-order valence-corrected chi connectivity index (χ4v) is 1.99. The van der Waals surface area contributed by atoms with Gasteiger partial charge in [0.05, 0.1) is 11.6 Å². The van der Waals surface area contributed by atoms with Crippen LogP contribution in [-0.2, 0) is 9.53 Å². The Balaban J connectivity index is 2.00. The van der Waals surface area contributed by atoms with Gasteiger partial charge in [0.1, 0.15) is 6.10 Å². The highest BCUT2D eigenvalue weighted by molar-refractivity contribution is 6.00. The molecule has 2 aromatic carbocycles. The maximum atomic E-state index is 12.1. The van der Waals surface area contributed by atoms with E-state index in [0.717, 1.165) is 0 Å². The van der Waals surface area contributed by atoms with E-state index in [-0.39, 0.29) is 5.91 Å². The van der Waals surface area contributed by atoms with E-state index < -0.39 is 12.1 Å². The highest BCUT2D eigenvalue weighted by atomic mass is 16.5. The molecular formula is C18H18N4O3. The molecular weight excluding hydrogens is 320 g/mol. The van der Waals surface area contributed by atoms with Gasteiger partial charge in [-0.3, -0.25) is 4.79 Å². The monoisotopic (exact) mass is 338 g/mol. The highest BCUT2D eigenvalue weighted by Gasteiger charge is 2.12. The molecule has 7 heteroatoms. The van der Waals surface area contributed by atoms with Gasteiger partial charge in [0.25, 0.3) is 5.91 Å². The number of urea groups is 1. The molecule has 0 aliphatic rings. The molecule has 0 heterocycles. The van der Waals surface area contributed by atoms with Crippen LogP contribution in [0.1, 0.15) is 12.5 Å². The van der Waals surface area contributed by atoms with Crippen molar-refractivity contribution in [1.82, 2.24) is 0 Å². The van der Waals surface area contributed by atoms with E-state index in [9.17, 15) is 9.59 Å². The molecule has 0 aliphatic carbocycles. The summed E-state index contributed by atoms with van der Waals surface area (Å²) in [6, 6.07) is 14.9. The molecule has 7 nitrogen and oxygen atoms in total.